The molecule has 0 radical (unpaired) electrons. The molecule has 2 aromatic rings. The van der Waals surface area contributed by atoms with E-state index in [1.165, 1.54) is 0 Å². The van der Waals surface area contributed by atoms with Gasteiger partial charge in [-0.25, -0.2) is 0 Å². The largest absolute Gasteiger partial charge is 0.496 e. The van der Waals surface area contributed by atoms with E-state index in [0.717, 1.165) is 17.1 Å². The normalized spacial score (nSPS) is 10.4. The number of hydrogen-bond donors (Lipinski definition) is 0. The molecule has 0 aliphatic heterocycles. The monoisotopic (exact) mass is 244 g/mol. The number of carbonyl (C=O) groups excluding carboxylic acids is 1. The zero-order valence-electron chi connectivity index (χ0n) is 11.0. The minimum atomic E-state index is -0.0184. The molecule has 1 heterocycles. The molecule has 0 amide bonds. The highest BCUT2D eigenvalue weighted by Crippen LogP contribution is 2.22. The second-order valence-corrected chi connectivity index (χ2v) is 4.34. The van der Waals surface area contributed by atoms with Crippen LogP contribution in [0.15, 0.2) is 28.7 Å². The number of hydrogen-bond acceptors (Lipinski definition) is 3. The quantitative estimate of drug-likeness (QED) is 0.776. The fourth-order valence-corrected chi connectivity index (χ4v) is 2.03. The van der Waals surface area contributed by atoms with Gasteiger partial charge in [-0.15, -0.1) is 0 Å². The van der Waals surface area contributed by atoms with Crippen LogP contribution in [-0.4, -0.2) is 12.9 Å². The first-order chi connectivity index (χ1) is 8.52. The predicted octanol–water partition coefficient (Wildman–Crippen LogP) is 3.44. The lowest BCUT2D eigenvalue weighted by molar-refractivity contribution is 0.103. The molecule has 0 aliphatic carbocycles. The summed E-state index contributed by atoms with van der Waals surface area (Å²) in [7, 11) is 1.62. The van der Waals surface area contributed by atoms with Crippen LogP contribution in [0.5, 0.6) is 5.75 Å². The van der Waals surface area contributed by atoms with Crippen molar-refractivity contribution >= 4 is 5.78 Å². The summed E-state index contributed by atoms with van der Waals surface area (Å²) in [5, 5.41) is 0. The summed E-state index contributed by atoms with van der Waals surface area (Å²) in [6.45, 7) is 5.56. The van der Waals surface area contributed by atoms with Gasteiger partial charge in [0.05, 0.1) is 12.7 Å². The van der Waals surface area contributed by atoms with Crippen LogP contribution in [0.4, 0.5) is 0 Å². The maximum atomic E-state index is 12.3. The first-order valence-corrected chi connectivity index (χ1v) is 5.79. The molecule has 1 aromatic heterocycles. The second-order valence-electron chi connectivity index (χ2n) is 4.34. The van der Waals surface area contributed by atoms with Crippen LogP contribution < -0.4 is 4.74 Å². The van der Waals surface area contributed by atoms with Crippen molar-refractivity contribution in [1.82, 2.24) is 0 Å². The SMILES string of the molecule is COc1ccc(C(=O)c2cc(C)oc2C)cc1C. The van der Waals surface area contributed by atoms with Crippen molar-refractivity contribution in [1.29, 1.82) is 0 Å². The third-order valence-corrected chi connectivity index (χ3v) is 2.94. The summed E-state index contributed by atoms with van der Waals surface area (Å²) >= 11 is 0. The maximum Gasteiger partial charge on any atom is 0.196 e. The van der Waals surface area contributed by atoms with Gasteiger partial charge >= 0.3 is 0 Å². The van der Waals surface area contributed by atoms with Crippen molar-refractivity contribution in [2.45, 2.75) is 20.8 Å². The average Bonchev–Trinajstić information content (AvgIpc) is 2.67. The fourth-order valence-electron chi connectivity index (χ4n) is 2.03. The van der Waals surface area contributed by atoms with Crippen LogP contribution in [0.1, 0.15) is 33.0 Å². The summed E-state index contributed by atoms with van der Waals surface area (Å²) in [6, 6.07) is 7.20. The molecule has 0 spiro atoms. The van der Waals surface area contributed by atoms with Gasteiger partial charge < -0.3 is 9.15 Å². The molecule has 94 valence electrons. The van der Waals surface area contributed by atoms with E-state index in [1.807, 2.05) is 26.0 Å². The molecule has 0 unspecified atom stereocenters. The number of benzene rings is 1. The van der Waals surface area contributed by atoms with Gasteiger partial charge in [0.2, 0.25) is 0 Å². The van der Waals surface area contributed by atoms with Crippen LogP contribution in [-0.2, 0) is 0 Å². The van der Waals surface area contributed by atoms with Crippen LogP contribution in [0.3, 0.4) is 0 Å². The van der Waals surface area contributed by atoms with Gasteiger partial charge in [0.25, 0.3) is 0 Å². The van der Waals surface area contributed by atoms with Gasteiger partial charge in [-0.1, -0.05) is 0 Å². The fraction of sp³-hybridized carbons (Fsp3) is 0.267. The molecule has 1 aromatic carbocycles. The molecule has 0 atom stereocenters. The highest BCUT2D eigenvalue weighted by atomic mass is 16.5. The second kappa shape index (κ2) is 4.69. The van der Waals surface area contributed by atoms with Crippen LogP contribution in [0, 0.1) is 20.8 Å². The van der Waals surface area contributed by atoms with Gasteiger partial charge in [-0.2, -0.15) is 0 Å². The zero-order valence-corrected chi connectivity index (χ0v) is 11.0. The number of furan rings is 1. The van der Waals surface area contributed by atoms with Gasteiger partial charge in [0.1, 0.15) is 17.3 Å². The molecule has 3 heteroatoms. The smallest absolute Gasteiger partial charge is 0.196 e. The molecule has 0 bridgehead atoms. The summed E-state index contributed by atoms with van der Waals surface area (Å²) in [5.74, 6) is 2.17. The number of carbonyl (C=O) groups is 1. The molecule has 0 saturated carbocycles. The lowest BCUT2D eigenvalue weighted by atomic mass is 10.0. The lowest BCUT2D eigenvalue weighted by Crippen LogP contribution is -2.02. The van der Waals surface area contributed by atoms with Gasteiger partial charge in [-0.3, -0.25) is 4.79 Å². The Morgan fingerprint density at radius 1 is 1.17 bits per heavy atom. The van der Waals surface area contributed by atoms with Gasteiger partial charge in [0.15, 0.2) is 5.78 Å². The van der Waals surface area contributed by atoms with Gasteiger partial charge in [0, 0.05) is 5.56 Å². The van der Waals surface area contributed by atoms with Crippen molar-refractivity contribution in [3.63, 3.8) is 0 Å². The first kappa shape index (κ1) is 12.4. The Labute approximate surface area is 106 Å². The Bertz CT molecular complexity index is 594. The third-order valence-electron chi connectivity index (χ3n) is 2.94. The summed E-state index contributed by atoms with van der Waals surface area (Å²) in [4.78, 5) is 12.3. The molecule has 0 fully saturated rings. The maximum absolute atomic E-state index is 12.3. The Balaban J connectivity index is 2.40. The van der Waals surface area contributed by atoms with Crippen molar-refractivity contribution in [3.8, 4) is 5.75 Å². The number of rotatable bonds is 3. The van der Waals surface area contributed by atoms with E-state index in [4.69, 9.17) is 9.15 Å². The minimum Gasteiger partial charge on any atom is -0.496 e. The van der Waals surface area contributed by atoms with Gasteiger partial charge in [-0.05, 0) is 50.6 Å². The van der Waals surface area contributed by atoms with Crippen LogP contribution in [0.25, 0.3) is 0 Å². The number of methoxy groups -OCH3 is 1. The summed E-state index contributed by atoms with van der Waals surface area (Å²) in [6.07, 6.45) is 0. The Kier molecular flexibility index (Phi) is 3.24. The third kappa shape index (κ3) is 2.16. The topological polar surface area (TPSA) is 39.4 Å². The molecule has 0 aliphatic rings. The molecular weight excluding hydrogens is 228 g/mol. The average molecular weight is 244 g/mol. The van der Waals surface area contributed by atoms with E-state index in [-0.39, 0.29) is 5.78 Å². The van der Waals surface area contributed by atoms with Crippen molar-refractivity contribution in [3.05, 3.63) is 52.5 Å². The number of ether oxygens (including phenoxy) is 1. The van der Waals surface area contributed by atoms with Crippen molar-refractivity contribution in [2.24, 2.45) is 0 Å². The molecule has 18 heavy (non-hydrogen) atoms. The van der Waals surface area contributed by atoms with E-state index in [9.17, 15) is 4.79 Å². The van der Waals surface area contributed by atoms with Crippen molar-refractivity contribution in [2.75, 3.05) is 7.11 Å². The highest BCUT2D eigenvalue weighted by molar-refractivity contribution is 6.09. The summed E-state index contributed by atoms with van der Waals surface area (Å²) in [5.41, 5.74) is 2.22. The van der Waals surface area contributed by atoms with Crippen LogP contribution in [0.2, 0.25) is 0 Å². The lowest BCUT2D eigenvalue weighted by Gasteiger charge is -2.06. The van der Waals surface area contributed by atoms with E-state index < -0.39 is 0 Å². The number of aryl methyl sites for hydroxylation is 3. The van der Waals surface area contributed by atoms with E-state index in [2.05, 4.69) is 0 Å². The molecule has 0 N–H and O–H groups in total. The Morgan fingerprint density at radius 3 is 2.39 bits per heavy atom. The highest BCUT2D eigenvalue weighted by Gasteiger charge is 2.16. The number of ketones is 1. The Hall–Kier alpha value is -2.03. The van der Waals surface area contributed by atoms with E-state index in [0.29, 0.717) is 16.9 Å². The summed E-state index contributed by atoms with van der Waals surface area (Å²) < 4.78 is 10.6. The van der Waals surface area contributed by atoms with E-state index in [1.54, 1.807) is 26.2 Å². The molecule has 2 rings (SSSR count). The predicted molar refractivity (Wildman–Crippen MR) is 69.3 cm³/mol. The van der Waals surface area contributed by atoms with Crippen LogP contribution >= 0.6 is 0 Å². The Morgan fingerprint density at radius 2 is 1.89 bits per heavy atom. The first-order valence-electron chi connectivity index (χ1n) is 5.79. The zero-order chi connectivity index (χ0) is 13.3. The molecule has 0 saturated heterocycles. The van der Waals surface area contributed by atoms with Crippen molar-refractivity contribution < 1.29 is 13.9 Å². The minimum absolute atomic E-state index is 0.0184. The van der Waals surface area contributed by atoms with E-state index >= 15 is 0 Å². The molecular formula is C15H16O3. The standard InChI is InChI=1S/C15H16O3/c1-9-7-12(5-6-14(9)17-4)15(16)13-8-10(2)18-11(13)3/h5-8H,1-4H3. The molecule has 3 nitrogen and oxygen atoms in total.